The van der Waals surface area contributed by atoms with E-state index in [9.17, 15) is 22.4 Å². The highest BCUT2D eigenvalue weighted by Gasteiger charge is 2.33. The number of fused-ring (bicyclic) bond motifs is 1. The number of nitrogens with zero attached hydrogens (tertiary/aromatic N) is 2. The molecule has 1 aliphatic heterocycles. The number of carbonyl (C=O) groups excluding carboxylic acids is 2. The Morgan fingerprint density at radius 1 is 0.976 bits per heavy atom. The number of carbonyl (C=O) groups is 2. The summed E-state index contributed by atoms with van der Waals surface area (Å²) in [7, 11) is -3.93. The predicted octanol–water partition coefficient (Wildman–Crippen LogP) is 3.88. The van der Waals surface area contributed by atoms with E-state index in [0.29, 0.717) is 23.5 Å². The van der Waals surface area contributed by atoms with Crippen molar-refractivity contribution in [3.05, 3.63) is 89.7 Å². The zero-order chi connectivity index (χ0) is 29.6. The Balaban J connectivity index is 1.72. The fraction of sp³-hybridized carbons (Fsp3) is 0.333. The maximum absolute atomic E-state index is 14.1. The van der Waals surface area contributed by atoms with Crippen LogP contribution >= 0.6 is 0 Å². The first-order valence-corrected chi connectivity index (χ1v) is 15.2. The SMILES string of the molecule is CC[C@@H](C)NC(=O)[C@@H](Cc1ccccc1)N(Cc1ccc(F)cc1)C(=O)CN(c1ccc2c(c1)OCO2)S(C)(=O)=O. The average Bonchev–Trinajstić information content (AvgIpc) is 3.42. The molecule has 0 saturated heterocycles. The molecule has 0 bridgehead atoms. The van der Waals surface area contributed by atoms with Crippen LogP contribution in [0.25, 0.3) is 0 Å². The van der Waals surface area contributed by atoms with Crippen LogP contribution in [0.1, 0.15) is 31.4 Å². The minimum Gasteiger partial charge on any atom is -0.454 e. The van der Waals surface area contributed by atoms with E-state index < -0.39 is 34.3 Å². The van der Waals surface area contributed by atoms with Crippen LogP contribution in [0.4, 0.5) is 10.1 Å². The molecule has 218 valence electrons. The first-order valence-electron chi connectivity index (χ1n) is 13.3. The third kappa shape index (κ3) is 7.75. The highest BCUT2D eigenvalue weighted by atomic mass is 32.2. The normalized spacial score (nSPS) is 13.8. The van der Waals surface area contributed by atoms with Gasteiger partial charge >= 0.3 is 0 Å². The number of amides is 2. The van der Waals surface area contributed by atoms with Crippen molar-refractivity contribution in [1.29, 1.82) is 0 Å². The van der Waals surface area contributed by atoms with Crippen molar-refractivity contribution in [2.75, 3.05) is 23.9 Å². The number of rotatable bonds is 12. The van der Waals surface area contributed by atoms with Crippen molar-refractivity contribution < 1.29 is 31.9 Å². The highest BCUT2D eigenvalue weighted by Crippen LogP contribution is 2.36. The Morgan fingerprint density at radius 3 is 2.32 bits per heavy atom. The fourth-order valence-corrected chi connectivity index (χ4v) is 5.28. The topological polar surface area (TPSA) is 105 Å². The van der Waals surface area contributed by atoms with Crippen LogP contribution in [0.2, 0.25) is 0 Å². The number of halogens is 1. The van der Waals surface area contributed by atoms with Crippen molar-refractivity contribution in [2.24, 2.45) is 0 Å². The third-order valence-electron chi connectivity index (χ3n) is 6.86. The molecule has 1 aliphatic rings. The van der Waals surface area contributed by atoms with Gasteiger partial charge in [0.2, 0.25) is 28.6 Å². The van der Waals surface area contributed by atoms with E-state index in [1.54, 1.807) is 6.07 Å². The van der Waals surface area contributed by atoms with Gasteiger partial charge in [-0.1, -0.05) is 49.4 Å². The Bertz CT molecular complexity index is 1470. The summed E-state index contributed by atoms with van der Waals surface area (Å²) in [5.74, 6) is -0.573. The van der Waals surface area contributed by atoms with Gasteiger partial charge in [-0.05, 0) is 48.7 Å². The van der Waals surface area contributed by atoms with Crippen molar-refractivity contribution in [3.63, 3.8) is 0 Å². The fourth-order valence-electron chi connectivity index (χ4n) is 4.44. The molecule has 0 aromatic heterocycles. The Hall–Kier alpha value is -4.12. The van der Waals surface area contributed by atoms with Gasteiger partial charge in [-0.2, -0.15) is 0 Å². The van der Waals surface area contributed by atoms with E-state index in [-0.39, 0.29) is 37.4 Å². The lowest BCUT2D eigenvalue weighted by Gasteiger charge is -2.34. The van der Waals surface area contributed by atoms with Crippen molar-refractivity contribution in [1.82, 2.24) is 10.2 Å². The number of hydrogen-bond donors (Lipinski definition) is 1. The molecule has 9 nitrogen and oxygen atoms in total. The van der Waals surface area contributed by atoms with Gasteiger partial charge in [-0.3, -0.25) is 13.9 Å². The molecule has 4 rings (SSSR count). The van der Waals surface area contributed by atoms with Crippen LogP contribution in [0, 0.1) is 5.82 Å². The molecule has 2 atom stereocenters. The molecule has 0 radical (unpaired) electrons. The molecule has 0 aliphatic carbocycles. The standard InChI is InChI=1S/C30H34FN3O6S/c1-4-21(2)32-30(36)26(16-22-8-6-5-7-9-22)33(18-23-10-12-24(31)13-11-23)29(35)19-34(41(3,37)38)25-14-15-27-28(17-25)40-20-39-27/h5-15,17,21,26H,4,16,18-20H2,1-3H3,(H,32,36)/t21-,26-/m1/s1. The predicted molar refractivity (Wildman–Crippen MR) is 154 cm³/mol. The maximum atomic E-state index is 14.1. The minimum absolute atomic E-state index is 0.00843. The molecule has 0 saturated carbocycles. The summed E-state index contributed by atoms with van der Waals surface area (Å²) in [6, 6.07) is 18.4. The Morgan fingerprint density at radius 2 is 1.66 bits per heavy atom. The van der Waals surface area contributed by atoms with E-state index in [0.717, 1.165) is 16.1 Å². The van der Waals surface area contributed by atoms with Gasteiger partial charge in [0.05, 0.1) is 11.9 Å². The zero-order valence-electron chi connectivity index (χ0n) is 23.2. The van der Waals surface area contributed by atoms with Crippen molar-refractivity contribution >= 4 is 27.5 Å². The molecular weight excluding hydrogens is 549 g/mol. The molecule has 2 amide bonds. The molecule has 1 N–H and O–H groups in total. The number of hydrogen-bond acceptors (Lipinski definition) is 6. The second-order valence-corrected chi connectivity index (χ2v) is 11.9. The summed E-state index contributed by atoms with van der Waals surface area (Å²) >= 11 is 0. The van der Waals surface area contributed by atoms with E-state index >= 15 is 0 Å². The zero-order valence-corrected chi connectivity index (χ0v) is 24.1. The molecule has 0 spiro atoms. The number of anilines is 1. The summed E-state index contributed by atoms with van der Waals surface area (Å²) in [6.07, 6.45) is 1.88. The summed E-state index contributed by atoms with van der Waals surface area (Å²) in [6.45, 7) is 3.21. The molecule has 3 aromatic rings. The first kappa shape index (κ1) is 29.9. The molecule has 3 aromatic carbocycles. The van der Waals surface area contributed by atoms with E-state index in [1.165, 1.54) is 41.3 Å². The number of sulfonamides is 1. The monoisotopic (exact) mass is 583 g/mol. The van der Waals surface area contributed by atoms with E-state index in [2.05, 4.69) is 5.32 Å². The van der Waals surface area contributed by atoms with E-state index in [1.807, 2.05) is 44.2 Å². The molecule has 0 unspecified atom stereocenters. The van der Waals surface area contributed by atoms with Gasteiger partial charge in [-0.15, -0.1) is 0 Å². The molecule has 11 heteroatoms. The van der Waals surface area contributed by atoms with Crippen molar-refractivity contribution in [2.45, 2.75) is 45.3 Å². The lowest BCUT2D eigenvalue weighted by Crippen LogP contribution is -2.54. The second kappa shape index (κ2) is 13.0. The van der Waals surface area contributed by atoms with Crippen LogP contribution in [0.5, 0.6) is 11.5 Å². The van der Waals surface area contributed by atoms with Crippen LogP contribution in [0.15, 0.2) is 72.8 Å². The molecular formula is C30H34FN3O6S. The first-order chi connectivity index (χ1) is 19.5. The van der Waals surface area contributed by atoms with Gasteiger partial charge in [0.15, 0.2) is 11.5 Å². The third-order valence-corrected chi connectivity index (χ3v) is 8.00. The summed E-state index contributed by atoms with van der Waals surface area (Å²) < 4.78 is 51.3. The second-order valence-electron chi connectivity index (χ2n) is 9.98. The molecule has 1 heterocycles. The van der Waals surface area contributed by atoms with Gasteiger partial charge < -0.3 is 19.7 Å². The Kier molecular flexibility index (Phi) is 9.49. The van der Waals surface area contributed by atoms with Gasteiger partial charge in [0.25, 0.3) is 0 Å². The quantitative estimate of drug-likeness (QED) is 0.347. The van der Waals surface area contributed by atoms with Crippen LogP contribution < -0.4 is 19.1 Å². The maximum Gasteiger partial charge on any atom is 0.244 e. The lowest BCUT2D eigenvalue weighted by molar-refractivity contribution is -0.140. The highest BCUT2D eigenvalue weighted by molar-refractivity contribution is 7.92. The summed E-state index contributed by atoms with van der Waals surface area (Å²) in [5.41, 5.74) is 1.63. The average molecular weight is 584 g/mol. The summed E-state index contributed by atoms with van der Waals surface area (Å²) in [5, 5.41) is 2.97. The van der Waals surface area contributed by atoms with Crippen LogP contribution in [-0.4, -0.2) is 56.8 Å². The van der Waals surface area contributed by atoms with E-state index in [4.69, 9.17) is 9.47 Å². The van der Waals surface area contributed by atoms with Gasteiger partial charge in [-0.25, -0.2) is 12.8 Å². The molecule has 0 fully saturated rings. The Labute approximate surface area is 239 Å². The summed E-state index contributed by atoms with van der Waals surface area (Å²) in [4.78, 5) is 29.1. The van der Waals surface area contributed by atoms with Crippen LogP contribution in [0.3, 0.4) is 0 Å². The van der Waals surface area contributed by atoms with Crippen molar-refractivity contribution in [3.8, 4) is 11.5 Å². The van der Waals surface area contributed by atoms with Gasteiger partial charge in [0, 0.05) is 25.1 Å². The lowest BCUT2D eigenvalue weighted by atomic mass is 10.0. The van der Waals surface area contributed by atoms with Gasteiger partial charge in [0.1, 0.15) is 18.4 Å². The number of ether oxygens (including phenoxy) is 2. The largest absolute Gasteiger partial charge is 0.454 e. The number of benzene rings is 3. The smallest absolute Gasteiger partial charge is 0.244 e. The molecule has 41 heavy (non-hydrogen) atoms. The number of nitrogens with one attached hydrogen (secondary N) is 1. The minimum atomic E-state index is -3.93. The van der Waals surface area contributed by atoms with Crippen LogP contribution in [-0.2, 0) is 32.6 Å².